The van der Waals surface area contributed by atoms with Gasteiger partial charge in [0.2, 0.25) is 65.0 Å². The van der Waals surface area contributed by atoms with Crippen molar-refractivity contribution in [2.45, 2.75) is 248 Å². The van der Waals surface area contributed by atoms with Crippen LogP contribution in [-0.2, 0) is 52.7 Å². The van der Waals surface area contributed by atoms with Gasteiger partial charge in [0, 0.05) is 73.6 Å². The Hall–Kier alpha value is -5.89. The number of likely N-dealkylation sites (N-methyl/N-ethyl adjacent to an activating group) is 7. The lowest BCUT2D eigenvalue weighted by Gasteiger charge is -2.41. The minimum atomic E-state index is -4.57. The van der Waals surface area contributed by atoms with Crippen LogP contribution < -0.4 is 16.0 Å². The minimum Gasteiger partial charge on any atom is -0.343 e. The molecule has 0 radical (unpaired) electrons. The number of halogens is 6. The summed E-state index contributed by atoms with van der Waals surface area (Å²) in [5, 5.41) is 7.00. The molecule has 0 bridgehead atoms. The predicted molar refractivity (Wildman–Crippen MR) is 346 cm³/mol. The van der Waals surface area contributed by atoms with E-state index in [1.165, 1.54) is 68.9 Å². The highest BCUT2D eigenvalue weighted by atomic mass is 35.5. The molecule has 11 atom stereocenters. The van der Waals surface area contributed by atoms with Crippen molar-refractivity contribution in [3.63, 3.8) is 0 Å². The van der Waals surface area contributed by atoms with Gasteiger partial charge in [0.1, 0.15) is 41.8 Å². The summed E-state index contributed by atoms with van der Waals surface area (Å²) in [6.07, 6.45) is 1.87. The molecule has 538 valence electrons. The van der Waals surface area contributed by atoms with Gasteiger partial charge in [-0.3, -0.25) is 52.7 Å². The molecule has 22 nitrogen and oxygen atoms in total. The van der Waals surface area contributed by atoms with Gasteiger partial charge in [-0.05, 0) is 107 Å². The Morgan fingerprint density at radius 1 is 0.611 bits per heavy atom. The quantitative estimate of drug-likeness (QED) is 0.161. The number of rotatable bonds is 10. The second kappa shape index (κ2) is 33.6. The summed E-state index contributed by atoms with van der Waals surface area (Å²) < 4.78 is 73.9. The molecule has 6 rings (SSSR count). The molecule has 2 aliphatic heterocycles. The van der Waals surface area contributed by atoms with Gasteiger partial charge >= 0.3 is 6.18 Å². The summed E-state index contributed by atoms with van der Waals surface area (Å²) in [7, 11) is 9.90. The molecule has 3 N–H and O–H groups in total. The van der Waals surface area contributed by atoms with Crippen molar-refractivity contribution in [2.24, 2.45) is 35.5 Å². The maximum Gasteiger partial charge on any atom is 0.393 e. The van der Waals surface area contributed by atoms with Crippen molar-refractivity contribution in [3.8, 4) is 0 Å². The number of carbonyl (C=O) groups is 11. The summed E-state index contributed by atoms with van der Waals surface area (Å²) in [6, 6.07) is -8.91. The highest BCUT2D eigenvalue weighted by Gasteiger charge is 2.55. The van der Waals surface area contributed by atoms with Crippen LogP contribution in [-0.4, -0.2) is 245 Å². The first kappa shape index (κ1) is 78.1. The van der Waals surface area contributed by atoms with Crippen molar-refractivity contribution in [2.75, 3.05) is 75.5 Å². The maximum atomic E-state index is 16.0. The van der Waals surface area contributed by atoms with Gasteiger partial charge in [-0.25, -0.2) is 8.78 Å². The van der Waals surface area contributed by atoms with Gasteiger partial charge in [0.15, 0.2) is 0 Å². The smallest absolute Gasteiger partial charge is 0.343 e. The Balaban J connectivity index is 1.39. The third-order valence-electron chi connectivity index (χ3n) is 21.6. The Labute approximate surface area is 562 Å². The van der Waals surface area contributed by atoms with Gasteiger partial charge in [0.25, 0.3) is 5.92 Å². The number of fused-ring (bicyclic) bond motifs is 1. The zero-order chi connectivity index (χ0) is 70.8. The number of nitrogens with one attached hydrogen (secondary N) is 3. The Bertz CT molecular complexity index is 2750. The van der Waals surface area contributed by atoms with Gasteiger partial charge in [-0.15, -0.1) is 11.6 Å². The van der Waals surface area contributed by atoms with Crippen LogP contribution >= 0.6 is 11.6 Å². The Morgan fingerprint density at radius 2 is 1.20 bits per heavy atom. The average Bonchev–Trinajstić information content (AvgIpc) is 1.70. The summed E-state index contributed by atoms with van der Waals surface area (Å²) in [5.41, 5.74) is -1.73. The number of hydrogen-bond acceptors (Lipinski definition) is 11. The topological polar surface area (TPSA) is 250 Å². The van der Waals surface area contributed by atoms with E-state index in [-0.39, 0.29) is 82.0 Å². The van der Waals surface area contributed by atoms with E-state index in [1.807, 2.05) is 20.8 Å². The summed E-state index contributed by atoms with van der Waals surface area (Å²) in [6.45, 7) is 5.94. The molecule has 0 aromatic rings. The largest absolute Gasteiger partial charge is 0.393 e. The lowest BCUT2D eigenvalue weighted by Crippen LogP contribution is -2.64. The van der Waals surface area contributed by atoms with Gasteiger partial charge in [-0.1, -0.05) is 91.9 Å². The van der Waals surface area contributed by atoms with E-state index >= 15 is 23.2 Å². The van der Waals surface area contributed by atoms with E-state index in [2.05, 4.69) is 16.0 Å². The first-order valence-corrected chi connectivity index (χ1v) is 35.0. The maximum absolute atomic E-state index is 16.0. The van der Waals surface area contributed by atoms with Gasteiger partial charge < -0.3 is 55.1 Å². The summed E-state index contributed by atoms with van der Waals surface area (Å²) in [4.78, 5) is 171. The third kappa shape index (κ3) is 19.9. The number of amides is 11. The van der Waals surface area contributed by atoms with Crippen LogP contribution in [0.15, 0.2) is 0 Å². The highest BCUT2D eigenvalue weighted by Crippen LogP contribution is 2.44. The fraction of sp³-hybridized carbons (Fsp3) is 0.836. The molecule has 3 unspecified atom stereocenters. The molecule has 6 fully saturated rings. The first-order chi connectivity index (χ1) is 44.4. The number of hydrogen-bond donors (Lipinski definition) is 3. The molecule has 0 aromatic heterocycles. The number of nitrogens with zero attached hydrogens (tertiary/aromatic N) is 8. The second-order valence-corrected chi connectivity index (χ2v) is 29.7. The Morgan fingerprint density at radius 3 is 1.79 bits per heavy atom. The van der Waals surface area contributed by atoms with E-state index in [4.69, 9.17) is 11.6 Å². The normalized spacial score (nSPS) is 30.6. The highest BCUT2D eigenvalue weighted by molar-refractivity contribution is 6.20. The summed E-state index contributed by atoms with van der Waals surface area (Å²) >= 11 is 6.33. The van der Waals surface area contributed by atoms with Crippen LogP contribution in [0.5, 0.6) is 0 Å². The minimum absolute atomic E-state index is 0.00196. The van der Waals surface area contributed by atoms with Crippen LogP contribution in [0.1, 0.15) is 182 Å². The lowest BCUT2D eigenvalue weighted by molar-refractivity contribution is -0.182. The van der Waals surface area contributed by atoms with Gasteiger partial charge in [0.05, 0.1) is 32.1 Å². The van der Waals surface area contributed by atoms with Crippen molar-refractivity contribution < 1.29 is 74.7 Å². The number of carbonyl (C=O) groups excluding carboxylic acids is 11. The number of alkyl halides is 6. The second-order valence-electron chi connectivity index (χ2n) is 29.2. The standard InChI is InChI=1S/C67H107ClF5N11O11/c1-13-41(4)56-62(93)79(8)37-54(87)77(6)38-55(88)82(11)50(34-43-21-15-14-16-22-43)61(92)78(7)36-52(85)74-48(28-26-44-25-27-46(47(68)33-44)67(71,72)73)60(91)84-39-66(69,70)35-51(84)59(90)76-65(29-19-20-30-65)64(95)83(12)57(45-23-17-18-24-45)63(94)80(9)42(5)32-53(86)81(10)49(31-40(2)3)58(89)75-56/h40-51,56-57H,13-39H2,1-12H3,(H,74,85)(H,75,89)(H,76,90)/t41-,42+,44?,46?,47?,48-,49-,50-,51-,56-,57-/m0/s1. The molecule has 1 spiro atoms. The van der Waals surface area contributed by atoms with E-state index < -0.39 is 181 Å². The fourth-order valence-electron chi connectivity index (χ4n) is 15.2. The molecule has 6 aliphatic rings. The average molecular weight is 1370 g/mol. The molecule has 2 heterocycles. The van der Waals surface area contributed by atoms with Crippen LogP contribution in [0.25, 0.3) is 0 Å². The van der Waals surface area contributed by atoms with E-state index in [1.54, 1.807) is 13.8 Å². The molecule has 95 heavy (non-hydrogen) atoms. The third-order valence-corrected chi connectivity index (χ3v) is 22.0. The molecule has 28 heteroatoms. The predicted octanol–water partition coefficient (Wildman–Crippen LogP) is 6.35. The van der Waals surface area contributed by atoms with Gasteiger partial charge in [-0.2, -0.15) is 13.2 Å². The molecule has 4 saturated carbocycles. The van der Waals surface area contributed by atoms with Crippen LogP contribution in [0, 0.1) is 35.5 Å². The molecule has 4 aliphatic carbocycles. The van der Waals surface area contributed by atoms with E-state index in [0.29, 0.717) is 37.0 Å². The molecular formula is C67H107ClF5N11O11. The van der Waals surface area contributed by atoms with Crippen molar-refractivity contribution >= 4 is 76.6 Å². The molecule has 2 saturated heterocycles. The first-order valence-electron chi connectivity index (χ1n) is 34.5. The van der Waals surface area contributed by atoms with E-state index in [0.717, 1.165) is 59.6 Å². The van der Waals surface area contributed by atoms with Crippen LogP contribution in [0.4, 0.5) is 22.0 Å². The van der Waals surface area contributed by atoms with Crippen LogP contribution in [0.3, 0.4) is 0 Å². The van der Waals surface area contributed by atoms with Crippen molar-refractivity contribution in [3.05, 3.63) is 0 Å². The lowest BCUT2D eigenvalue weighted by atomic mass is 9.78. The zero-order valence-electron chi connectivity index (χ0n) is 58.0. The van der Waals surface area contributed by atoms with Crippen LogP contribution in [0.2, 0.25) is 0 Å². The summed E-state index contributed by atoms with van der Waals surface area (Å²) in [5.74, 6) is -15.0. The SMILES string of the molecule is CC[C@H](C)[C@@H]1NC(=O)[C@H](CC(C)C)N(C)C(=O)C[C@@H](C)N(C)C(=O)[C@H](C2CCCC2)N(C)C(=O)C2(CCCC2)NC(=O)[C@@H]2CC(F)(F)CN2C(=O)[C@H](CCC2CCC(C(F)(F)F)C(Cl)C2)NC(=O)CN(C)C(=O)[C@H](CC2CCCCC2)N(C)C(=O)CN(C)C(=O)CN(C)C1=O. The van der Waals surface area contributed by atoms with Crippen molar-refractivity contribution in [1.29, 1.82) is 0 Å². The van der Waals surface area contributed by atoms with Crippen molar-refractivity contribution in [1.82, 2.24) is 55.1 Å². The Kier molecular flexibility index (Phi) is 27.6. The molecule has 0 aromatic carbocycles. The zero-order valence-corrected chi connectivity index (χ0v) is 58.8. The molecule has 11 amide bonds. The van der Waals surface area contributed by atoms with E-state index in [9.17, 15) is 51.5 Å². The monoisotopic (exact) mass is 1370 g/mol. The molecular weight excluding hydrogens is 1270 g/mol. The fourth-order valence-corrected chi connectivity index (χ4v) is 15.7.